The first-order chi connectivity index (χ1) is 6.76. The maximum atomic E-state index is 2.60. The van der Waals surface area contributed by atoms with Gasteiger partial charge in [-0.2, -0.15) is 0 Å². The van der Waals surface area contributed by atoms with Crippen molar-refractivity contribution in [2.45, 2.75) is 65.6 Å². The van der Waals surface area contributed by atoms with Gasteiger partial charge in [-0.3, -0.25) is 0 Å². The monoisotopic (exact) mass is 208 g/mol. The molecule has 0 bridgehead atoms. The molecule has 1 nitrogen and oxygen atoms in total. The largest absolute Gasteiger partial charge is 0.302 e. The van der Waals surface area contributed by atoms with Gasteiger partial charge in [0.15, 0.2) is 0 Å². The van der Waals surface area contributed by atoms with Crippen molar-refractivity contribution in [2.24, 2.45) is 5.41 Å². The van der Waals surface area contributed by atoms with Crippen LogP contribution in [0.1, 0.15) is 48.0 Å². The van der Waals surface area contributed by atoms with E-state index in [1.807, 2.05) is 0 Å². The van der Waals surface area contributed by atoms with Crippen LogP contribution in [0.4, 0.5) is 0 Å². The van der Waals surface area contributed by atoms with E-state index in [-0.39, 0.29) is 0 Å². The molecule has 0 saturated carbocycles. The van der Waals surface area contributed by atoms with Gasteiger partial charge in [-0.15, -0.1) is 0 Å². The summed E-state index contributed by atoms with van der Waals surface area (Å²) in [6.45, 7) is 16.7. The molecule has 0 atom stereocenters. The van der Waals surface area contributed by atoms with Gasteiger partial charge in [0, 0.05) is 6.04 Å². The first-order valence-electron chi connectivity index (χ1n) is 6.35. The Morgan fingerprint density at radius 1 is 1.07 bits per heavy atom. The van der Waals surface area contributed by atoms with Crippen molar-refractivity contribution in [3.8, 4) is 0 Å². The summed E-state index contributed by atoms with van der Waals surface area (Å²) in [6, 6.07) is 0.690. The first kappa shape index (κ1) is 13.1. The molecule has 0 aliphatic carbocycles. The molecule has 0 N–H and O–H groups in total. The van der Waals surface area contributed by atoms with Gasteiger partial charge in [-0.1, -0.05) is 39.3 Å². The normalized spacial score (nSPS) is 26.9. The number of nitrogens with zero attached hydrogens (tertiary/aromatic N) is 1. The quantitative estimate of drug-likeness (QED) is 0.596. The van der Waals surface area contributed by atoms with Crippen molar-refractivity contribution in [2.75, 3.05) is 13.1 Å². The Labute approximate surface area is 96.9 Å². The fourth-order valence-electron chi connectivity index (χ4n) is 2.24. The minimum Gasteiger partial charge on any atom is -0.302 e. The molecular formula is C13H27BN. The molecule has 1 radical (unpaired) electrons. The molecule has 1 heterocycles. The van der Waals surface area contributed by atoms with Crippen LogP contribution in [0.25, 0.3) is 0 Å². The van der Waals surface area contributed by atoms with E-state index in [0.717, 1.165) is 0 Å². The lowest BCUT2D eigenvalue weighted by Gasteiger charge is -2.46. The summed E-state index contributed by atoms with van der Waals surface area (Å²) >= 11 is 0. The zero-order chi connectivity index (χ0) is 11.7. The Morgan fingerprint density at radius 2 is 1.67 bits per heavy atom. The molecule has 1 rings (SSSR count). The summed E-state index contributed by atoms with van der Waals surface area (Å²) in [5, 5.41) is 0.371. The second kappa shape index (κ2) is 4.49. The van der Waals surface area contributed by atoms with Crippen LogP contribution in [0.5, 0.6) is 0 Å². The van der Waals surface area contributed by atoms with Crippen LogP contribution in [-0.4, -0.2) is 31.3 Å². The number of rotatable bonds is 1. The lowest BCUT2D eigenvalue weighted by atomic mass is 9.42. The second-order valence-electron chi connectivity index (χ2n) is 6.48. The predicted octanol–water partition coefficient (Wildman–Crippen LogP) is 3.45. The van der Waals surface area contributed by atoms with Crippen molar-refractivity contribution in [1.82, 2.24) is 4.90 Å². The van der Waals surface area contributed by atoms with Gasteiger partial charge < -0.3 is 4.90 Å². The third kappa shape index (κ3) is 2.99. The summed E-state index contributed by atoms with van der Waals surface area (Å²) in [5.74, 6) is 0. The van der Waals surface area contributed by atoms with Gasteiger partial charge >= 0.3 is 0 Å². The fraction of sp³-hybridized carbons (Fsp3) is 1.00. The minimum atomic E-state index is 0.371. The highest BCUT2D eigenvalue weighted by Crippen LogP contribution is 2.48. The molecule has 0 amide bonds. The van der Waals surface area contributed by atoms with Crippen molar-refractivity contribution < 1.29 is 0 Å². The number of hydrogen-bond acceptors (Lipinski definition) is 1. The maximum Gasteiger partial charge on any atom is 0.119 e. The van der Waals surface area contributed by atoms with Crippen molar-refractivity contribution in [1.29, 1.82) is 0 Å². The molecule has 1 aliphatic rings. The standard InChI is InChI=1S/C13H27BN/c1-11(2)15-9-7-12(3,4)13(5,6)14-8-10-15/h11H,7-10H2,1-6H3. The van der Waals surface area contributed by atoms with Crippen molar-refractivity contribution in [3.63, 3.8) is 0 Å². The summed E-state index contributed by atoms with van der Waals surface area (Å²) in [6.07, 6.45) is 2.53. The Bertz CT molecular complexity index is 209. The Morgan fingerprint density at radius 3 is 2.20 bits per heavy atom. The van der Waals surface area contributed by atoms with Crippen LogP contribution in [0, 0.1) is 5.41 Å². The molecule has 0 aromatic rings. The van der Waals surface area contributed by atoms with Crippen molar-refractivity contribution in [3.05, 3.63) is 0 Å². The molecule has 1 saturated heterocycles. The van der Waals surface area contributed by atoms with E-state index < -0.39 is 0 Å². The van der Waals surface area contributed by atoms with Crippen LogP contribution in [-0.2, 0) is 0 Å². The van der Waals surface area contributed by atoms with Crippen LogP contribution in [0.3, 0.4) is 0 Å². The average molecular weight is 208 g/mol. The van der Waals surface area contributed by atoms with E-state index in [2.05, 4.69) is 53.7 Å². The highest BCUT2D eigenvalue weighted by Gasteiger charge is 2.38. The highest BCUT2D eigenvalue weighted by molar-refractivity contribution is 6.40. The smallest absolute Gasteiger partial charge is 0.119 e. The molecule has 15 heavy (non-hydrogen) atoms. The lowest BCUT2D eigenvalue weighted by Crippen LogP contribution is -2.42. The zero-order valence-corrected chi connectivity index (χ0v) is 11.4. The second-order valence-corrected chi connectivity index (χ2v) is 6.48. The summed E-state index contributed by atoms with van der Waals surface area (Å²) in [5.41, 5.74) is 0.417. The van der Waals surface area contributed by atoms with E-state index in [4.69, 9.17) is 0 Å². The molecule has 0 aromatic heterocycles. The predicted molar refractivity (Wildman–Crippen MR) is 69.7 cm³/mol. The Kier molecular flexibility index (Phi) is 3.92. The SMILES string of the molecule is CC(C)N1CC[B]C(C)(C)C(C)(C)CC1. The summed E-state index contributed by atoms with van der Waals surface area (Å²) < 4.78 is 0. The molecule has 1 aliphatic heterocycles. The van der Waals surface area contributed by atoms with E-state index in [1.54, 1.807) is 0 Å². The van der Waals surface area contributed by atoms with E-state index in [9.17, 15) is 0 Å². The molecule has 0 unspecified atom stereocenters. The molecule has 0 spiro atoms. The van der Waals surface area contributed by atoms with Crippen LogP contribution < -0.4 is 0 Å². The van der Waals surface area contributed by atoms with Crippen LogP contribution in [0.2, 0.25) is 11.6 Å². The zero-order valence-electron chi connectivity index (χ0n) is 11.4. The molecule has 87 valence electrons. The van der Waals surface area contributed by atoms with Gasteiger partial charge in [0.25, 0.3) is 0 Å². The third-order valence-electron chi connectivity index (χ3n) is 4.57. The Balaban J connectivity index is 2.68. The average Bonchev–Trinajstić information content (AvgIpc) is 2.08. The molecular weight excluding hydrogens is 181 g/mol. The Hall–Kier alpha value is 0.0249. The first-order valence-corrected chi connectivity index (χ1v) is 6.35. The summed E-state index contributed by atoms with van der Waals surface area (Å²) in [4.78, 5) is 2.60. The van der Waals surface area contributed by atoms with Crippen LogP contribution >= 0.6 is 0 Å². The van der Waals surface area contributed by atoms with E-state index in [1.165, 1.54) is 25.8 Å². The topological polar surface area (TPSA) is 3.24 Å². The van der Waals surface area contributed by atoms with Crippen molar-refractivity contribution >= 4 is 7.28 Å². The van der Waals surface area contributed by atoms with Gasteiger partial charge in [0.2, 0.25) is 0 Å². The molecule has 2 heteroatoms. The van der Waals surface area contributed by atoms with E-state index >= 15 is 0 Å². The summed E-state index contributed by atoms with van der Waals surface area (Å²) in [7, 11) is 2.53. The van der Waals surface area contributed by atoms with Gasteiger partial charge in [-0.25, -0.2) is 0 Å². The van der Waals surface area contributed by atoms with Crippen LogP contribution in [0.15, 0.2) is 0 Å². The van der Waals surface area contributed by atoms with Gasteiger partial charge in [-0.05, 0) is 38.8 Å². The maximum absolute atomic E-state index is 2.60. The fourth-order valence-corrected chi connectivity index (χ4v) is 2.24. The third-order valence-corrected chi connectivity index (χ3v) is 4.57. The van der Waals surface area contributed by atoms with E-state index in [0.29, 0.717) is 16.8 Å². The van der Waals surface area contributed by atoms with Gasteiger partial charge in [0.05, 0.1) is 0 Å². The lowest BCUT2D eigenvalue weighted by molar-refractivity contribution is 0.153. The molecule has 0 aromatic carbocycles. The number of hydrogen-bond donors (Lipinski definition) is 0. The minimum absolute atomic E-state index is 0.371. The molecule has 1 fully saturated rings. The van der Waals surface area contributed by atoms with Gasteiger partial charge in [0.1, 0.15) is 7.28 Å². The highest BCUT2D eigenvalue weighted by atomic mass is 15.1.